The number of hydrogen-bond donors (Lipinski definition) is 1. The molecule has 2 nitrogen and oxygen atoms in total. The second-order valence-corrected chi connectivity index (χ2v) is 4.96. The van der Waals surface area contributed by atoms with Crippen molar-refractivity contribution in [3.05, 3.63) is 0 Å². The molecule has 0 amide bonds. The Bertz CT molecular complexity index is 189. The number of hydrogen-bond acceptors (Lipinski definition) is 2. The van der Waals surface area contributed by atoms with Gasteiger partial charge in [0, 0.05) is 6.04 Å². The van der Waals surface area contributed by atoms with Crippen LogP contribution in [-0.4, -0.2) is 12.6 Å². The van der Waals surface area contributed by atoms with E-state index in [9.17, 15) is 0 Å². The van der Waals surface area contributed by atoms with Crippen LogP contribution in [0.5, 0.6) is 0 Å². The van der Waals surface area contributed by atoms with Crippen LogP contribution in [0, 0.1) is 22.7 Å². The normalized spacial score (nSPS) is 14.1. The largest absolute Gasteiger partial charge is 0.314 e. The van der Waals surface area contributed by atoms with Crippen molar-refractivity contribution in [3.63, 3.8) is 0 Å². The lowest BCUT2D eigenvalue weighted by molar-refractivity contribution is 0.353. The minimum Gasteiger partial charge on any atom is -0.314 e. The Morgan fingerprint density at radius 2 is 1.93 bits per heavy atom. The Hall–Kier alpha value is -0.550. The Kier molecular flexibility index (Phi) is 5.79. The lowest BCUT2D eigenvalue weighted by atomic mass is 9.91. The highest BCUT2D eigenvalue weighted by atomic mass is 14.9. The molecule has 0 aliphatic heterocycles. The fourth-order valence-electron chi connectivity index (χ4n) is 1.48. The zero-order valence-electron chi connectivity index (χ0n) is 10.2. The molecule has 0 aromatic heterocycles. The quantitative estimate of drug-likeness (QED) is 0.709. The van der Waals surface area contributed by atoms with E-state index in [1.807, 2.05) is 13.8 Å². The fourth-order valence-corrected chi connectivity index (χ4v) is 1.48. The van der Waals surface area contributed by atoms with E-state index >= 15 is 0 Å². The van der Waals surface area contributed by atoms with Crippen LogP contribution in [-0.2, 0) is 0 Å². The van der Waals surface area contributed by atoms with Crippen molar-refractivity contribution in [1.82, 2.24) is 5.32 Å². The molecular weight excluding hydrogens is 172 g/mol. The third-order valence-corrected chi connectivity index (χ3v) is 2.70. The maximum atomic E-state index is 8.85. The van der Waals surface area contributed by atoms with E-state index in [4.69, 9.17) is 5.26 Å². The van der Waals surface area contributed by atoms with Gasteiger partial charge in [-0.15, -0.1) is 0 Å². The SMILES string of the molecule is CCC(NCCC(C)(C)C#N)C(C)C. The van der Waals surface area contributed by atoms with Crippen molar-refractivity contribution in [1.29, 1.82) is 5.26 Å². The van der Waals surface area contributed by atoms with Gasteiger partial charge < -0.3 is 5.32 Å². The zero-order valence-corrected chi connectivity index (χ0v) is 10.2. The molecule has 0 heterocycles. The Labute approximate surface area is 88.7 Å². The van der Waals surface area contributed by atoms with Crippen LogP contribution in [0.1, 0.15) is 47.5 Å². The highest BCUT2D eigenvalue weighted by molar-refractivity contribution is 4.92. The molecule has 1 atom stereocenters. The topological polar surface area (TPSA) is 35.8 Å². The molecule has 0 aliphatic rings. The van der Waals surface area contributed by atoms with Crippen LogP contribution in [0.25, 0.3) is 0 Å². The summed E-state index contributed by atoms with van der Waals surface area (Å²) in [6.07, 6.45) is 2.08. The Balaban J connectivity index is 3.79. The first kappa shape index (κ1) is 13.4. The van der Waals surface area contributed by atoms with E-state index in [1.54, 1.807) is 0 Å². The first-order valence-electron chi connectivity index (χ1n) is 5.57. The molecular formula is C12H24N2. The number of rotatable bonds is 6. The van der Waals surface area contributed by atoms with Crippen LogP contribution >= 0.6 is 0 Å². The standard InChI is InChI=1S/C12H24N2/c1-6-11(10(2)3)14-8-7-12(4,5)9-13/h10-11,14H,6-8H2,1-5H3. The van der Waals surface area contributed by atoms with Crippen molar-refractivity contribution in [2.75, 3.05) is 6.54 Å². The molecule has 82 valence electrons. The first-order valence-corrected chi connectivity index (χ1v) is 5.57. The van der Waals surface area contributed by atoms with Crippen molar-refractivity contribution in [2.45, 2.75) is 53.5 Å². The summed E-state index contributed by atoms with van der Waals surface area (Å²) in [5, 5.41) is 12.4. The Morgan fingerprint density at radius 1 is 1.36 bits per heavy atom. The summed E-state index contributed by atoms with van der Waals surface area (Å²) in [4.78, 5) is 0. The van der Waals surface area contributed by atoms with Gasteiger partial charge in [-0.1, -0.05) is 20.8 Å². The number of nitrogens with one attached hydrogen (secondary N) is 1. The van der Waals surface area contributed by atoms with Gasteiger partial charge >= 0.3 is 0 Å². The molecule has 0 aliphatic carbocycles. The van der Waals surface area contributed by atoms with E-state index in [0.717, 1.165) is 19.4 Å². The highest BCUT2D eigenvalue weighted by Gasteiger charge is 2.17. The van der Waals surface area contributed by atoms with Crippen LogP contribution < -0.4 is 5.32 Å². The summed E-state index contributed by atoms with van der Waals surface area (Å²) >= 11 is 0. The smallest absolute Gasteiger partial charge is 0.0684 e. The molecule has 0 saturated heterocycles. The molecule has 2 heteroatoms. The molecule has 0 fully saturated rings. The van der Waals surface area contributed by atoms with E-state index < -0.39 is 0 Å². The third-order valence-electron chi connectivity index (χ3n) is 2.70. The summed E-state index contributed by atoms with van der Waals surface area (Å²) in [6, 6.07) is 2.91. The van der Waals surface area contributed by atoms with Gasteiger partial charge in [-0.05, 0) is 39.2 Å². The lowest BCUT2D eigenvalue weighted by Crippen LogP contribution is -2.35. The molecule has 0 rings (SSSR count). The Morgan fingerprint density at radius 3 is 2.29 bits per heavy atom. The molecule has 0 saturated carbocycles. The van der Waals surface area contributed by atoms with Crippen LogP contribution in [0.2, 0.25) is 0 Å². The van der Waals surface area contributed by atoms with E-state index in [-0.39, 0.29) is 5.41 Å². The van der Waals surface area contributed by atoms with Gasteiger partial charge in [0.25, 0.3) is 0 Å². The minimum atomic E-state index is -0.192. The van der Waals surface area contributed by atoms with Gasteiger partial charge in [0.2, 0.25) is 0 Å². The zero-order chi connectivity index (χ0) is 11.2. The summed E-state index contributed by atoms with van der Waals surface area (Å²) in [5.41, 5.74) is -0.192. The van der Waals surface area contributed by atoms with Gasteiger partial charge in [0.05, 0.1) is 11.5 Å². The number of nitrogens with zero attached hydrogens (tertiary/aromatic N) is 1. The molecule has 0 bridgehead atoms. The second-order valence-electron chi connectivity index (χ2n) is 4.96. The van der Waals surface area contributed by atoms with Gasteiger partial charge in [-0.2, -0.15) is 5.26 Å². The average Bonchev–Trinajstić information content (AvgIpc) is 2.12. The molecule has 0 aromatic rings. The van der Waals surface area contributed by atoms with E-state index in [1.165, 1.54) is 0 Å². The molecule has 14 heavy (non-hydrogen) atoms. The van der Waals surface area contributed by atoms with Crippen molar-refractivity contribution in [3.8, 4) is 6.07 Å². The van der Waals surface area contributed by atoms with Crippen molar-refractivity contribution >= 4 is 0 Å². The lowest BCUT2D eigenvalue weighted by Gasteiger charge is -2.23. The van der Waals surface area contributed by atoms with Gasteiger partial charge in [-0.3, -0.25) is 0 Å². The molecule has 1 unspecified atom stereocenters. The maximum absolute atomic E-state index is 8.85. The van der Waals surface area contributed by atoms with Crippen LogP contribution in [0.4, 0.5) is 0 Å². The summed E-state index contributed by atoms with van der Waals surface area (Å²) in [6.45, 7) is 11.6. The molecule has 1 N–H and O–H groups in total. The fraction of sp³-hybridized carbons (Fsp3) is 0.917. The monoisotopic (exact) mass is 196 g/mol. The van der Waals surface area contributed by atoms with Gasteiger partial charge in [0.1, 0.15) is 0 Å². The summed E-state index contributed by atoms with van der Waals surface area (Å²) < 4.78 is 0. The predicted octanol–water partition coefficient (Wildman–Crippen LogP) is 2.95. The molecule has 0 aromatic carbocycles. The molecule has 0 radical (unpaired) electrons. The van der Waals surface area contributed by atoms with Gasteiger partial charge in [0.15, 0.2) is 0 Å². The third kappa shape index (κ3) is 5.24. The number of nitriles is 1. The van der Waals surface area contributed by atoms with Gasteiger partial charge in [-0.25, -0.2) is 0 Å². The maximum Gasteiger partial charge on any atom is 0.0684 e. The summed E-state index contributed by atoms with van der Waals surface area (Å²) in [5.74, 6) is 0.671. The van der Waals surface area contributed by atoms with Crippen molar-refractivity contribution in [2.24, 2.45) is 11.3 Å². The predicted molar refractivity (Wildman–Crippen MR) is 60.9 cm³/mol. The minimum absolute atomic E-state index is 0.192. The second kappa shape index (κ2) is 6.03. The summed E-state index contributed by atoms with van der Waals surface area (Å²) in [7, 11) is 0. The van der Waals surface area contributed by atoms with Crippen LogP contribution in [0.3, 0.4) is 0 Å². The average molecular weight is 196 g/mol. The highest BCUT2D eigenvalue weighted by Crippen LogP contribution is 2.17. The van der Waals surface area contributed by atoms with E-state index in [2.05, 4.69) is 32.2 Å². The molecule has 0 spiro atoms. The first-order chi connectivity index (χ1) is 6.43. The van der Waals surface area contributed by atoms with E-state index in [0.29, 0.717) is 12.0 Å². The van der Waals surface area contributed by atoms with Crippen molar-refractivity contribution < 1.29 is 0 Å². The van der Waals surface area contributed by atoms with Crippen LogP contribution in [0.15, 0.2) is 0 Å².